The number of rotatable bonds is 5. The van der Waals surface area contributed by atoms with Crippen LogP contribution in [-0.2, 0) is 9.53 Å². The van der Waals surface area contributed by atoms with Gasteiger partial charge in [-0.05, 0) is 24.1 Å². The van der Waals surface area contributed by atoms with Crippen LogP contribution in [0.4, 0.5) is 0 Å². The maximum Gasteiger partial charge on any atom is 0.230 e. The summed E-state index contributed by atoms with van der Waals surface area (Å²) in [5.74, 6) is 0.280. The van der Waals surface area contributed by atoms with Gasteiger partial charge in [0.25, 0.3) is 0 Å². The number of amides is 1. The Morgan fingerprint density at radius 3 is 2.92 bits per heavy atom. The minimum absolute atomic E-state index is 0.00523. The number of thioether (sulfide) groups is 1. The van der Waals surface area contributed by atoms with Gasteiger partial charge in [-0.25, -0.2) is 0 Å². The molecule has 0 spiro atoms. The summed E-state index contributed by atoms with van der Waals surface area (Å²) in [6.07, 6.45) is 2.64. The fraction of sp³-hybridized carbons (Fsp3) is 0.278. The molecule has 1 fully saturated rings. The fourth-order valence-corrected chi connectivity index (χ4v) is 3.74. The molecule has 0 radical (unpaired) electrons. The minimum atomic E-state index is -0.0796. The molecule has 1 aliphatic heterocycles. The molecule has 1 saturated heterocycles. The predicted molar refractivity (Wildman–Crippen MR) is 95.4 cm³/mol. The van der Waals surface area contributed by atoms with Gasteiger partial charge in [0, 0.05) is 12.8 Å². The van der Waals surface area contributed by atoms with Crippen molar-refractivity contribution < 1.29 is 9.53 Å². The maximum absolute atomic E-state index is 12.4. The lowest BCUT2D eigenvalue weighted by Gasteiger charge is -2.20. The number of carbonyl (C=O) groups is 1. The van der Waals surface area contributed by atoms with Crippen LogP contribution in [0.15, 0.2) is 59.9 Å². The first kappa shape index (κ1) is 16.1. The highest BCUT2D eigenvalue weighted by molar-refractivity contribution is 7.99. The molecule has 3 heterocycles. The van der Waals surface area contributed by atoms with Crippen LogP contribution in [0.1, 0.15) is 18.1 Å². The Bertz CT molecular complexity index is 868. The molecule has 6 nitrogen and oxygen atoms in total. The molecule has 0 saturated carbocycles. The Balaban J connectivity index is 1.37. The molecule has 0 aliphatic carbocycles. The molecule has 1 aromatic carbocycles. The van der Waals surface area contributed by atoms with Crippen LogP contribution in [0.5, 0.6) is 0 Å². The molecule has 1 N–H and O–H groups in total. The zero-order chi connectivity index (χ0) is 17.1. The Kier molecular flexibility index (Phi) is 4.67. The molecule has 2 aromatic heterocycles. The number of fused-ring (bicyclic) bond motifs is 1. The average molecular weight is 354 g/mol. The van der Waals surface area contributed by atoms with Crippen LogP contribution < -0.4 is 5.32 Å². The molecule has 2 atom stereocenters. The second kappa shape index (κ2) is 7.25. The first-order chi connectivity index (χ1) is 12.3. The predicted octanol–water partition coefficient (Wildman–Crippen LogP) is 2.47. The highest BCUT2D eigenvalue weighted by Crippen LogP contribution is 2.29. The van der Waals surface area contributed by atoms with E-state index in [0.717, 1.165) is 17.6 Å². The Hall–Kier alpha value is -2.38. The van der Waals surface area contributed by atoms with Crippen LogP contribution >= 0.6 is 11.8 Å². The van der Waals surface area contributed by atoms with Crippen molar-refractivity contribution in [2.24, 2.45) is 0 Å². The number of nitrogens with one attached hydrogen (secondary N) is 1. The molecule has 1 aliphatic rings. The zero-order valence-corrected chi connectivity index (χ0v) is 14.4. The Morgan fingerprint density at radius 2 is 2.04 bits per heavy atom. The SMILES string of the molecule is O=C(CSc1nnc2ccccn12)N[C@@H]1CCO[C@H]1c1ccccc1. The van der Waals surface area contributed by atoms with E-state index in [1.54, 1.807) is 0 Å². The van der Waals surface area contributed by atoms with Crippen molar-refractivity contribution in [3.63, 3.8) is 0 Å². The molecule has 0 bridgehead atoms. The van der Waals surface area contributed by atoms with E-state index < -0.39 is 0 Å². The highest BCUT2D eigenvalue weighted by atomic mass is 32.2. The number of aromatic nitrogens is 3. The van der Waals surface area contributed by atoms with Crippen molar-refractivity contribution in [3.8, 4) is 0 Å². The smallest absolute Gasteiger partial charge is 0.230 e. The molecule has 7 heteroatoms. The van der Waals surface area contributed by atoms with Gasteiger partial charge in [0.15, 0.2) is 10.8 Å². The van der Waals surface area contributed by atoms with Crippen molar-refractivity contribution in [3.05, 3.63) is 60.3 Å². The van der Waals surface area contributed by atoms with Gasteiger partial charge in [-0.2, -0.15) is 0 Å². The fourth-order valence-electron chi connectivity index (χ4n) is 3.01. The Labute approximate surface area is 149 Å². The van der Waals surface area contributed by atoms with Crippen LogP contribution in [0, 0.1) is 0 Å². The van der Waals surface area contributed by atoms with Gasteiger partial charge in [0.05, 0.1) is 11.8 Å². The van der Waals surface area contributed by atoms with Crippen LogP contribution in [0.25, 0.3) is 5.65 Å². The van der Waals surface area contributed by atoms with Gasteiger partial charge in [-0.15, -0.1) is 10.2 Å². The summed E-state index contributed by atoms with van der Waals surface area (Å²) in [4.78, 5) is 12.4. The molecule has 1 amide bonds. The van der Waals surface area contributed by atoms with E-state index in [-0.39, 0.29) is 18.1 Å². The molecule has 0 unspecified atom stereocenters. The van der Waals surface area contributed by atoms with E-state index in [1.807, 2.05) is 59.1 Å². The third-order valence-electron chi connectivity index (χ3n) is 4.18. The van der Waals surface area contributed by atoms with Crippen LogP contribution in [0.2, 0.25) is 0 Å². The van der Waals surface area contributed by atoms with E-state index >= 15 is 0 Å². The Morgan fingerprint density at radius 1 is 1.20 bits per heavy atom. The van der Waals surface area contributed by atoms with Crippen LogP contribution in [0.3, 0.4) is 0 Å². The second-order valence-corrected chi connectivity index (χ2v) is 6.81. The van der Waals surface area contributed by atoms with Gasteiger partial charge in [-0.3, -0.25) is 9.20 Å². The summed E-state index contributed by atoms with van der Waals surface area (Å²) < 4.78 is 7.69. The maximum atomic E-state index is 12.4. The lowest BCUT2D eigenvalue weighted by atomic mass is 10.0. The minimum Gasteiger partial charge on any atom is -0.371 e. The van der Waals surface area contributed by atoms with Crippen LogP contribution in [-0.4, -0.2) is 38.9 Å². The van der Waals surface area contributed by atoms with Crippen molar-refractivity contribution in [2.45, 2.75) is 23.7 Å². The van der Waals surface area contributed by atoms with E-state index in [4.69, 9.17) is 4.74 Å². The number of benzene rings is 1. The lowest BCUT2D eigenvalue weighted by molar-refractivity contribution is -0.119. The summed E-state index contributed by atoms with van der Waals surface area (Å²) in [6, 6.07) is 15.7. The molecule has 25 heavy (non-hydrogen) atoms. The van der Waals surface area contributed by atoms with Crippen molar-refractivity contribution >= 4 is 23.3 Å². The molecule has 128 valence electrons. The summed E-state index contributed by atoms with van der Waals surface area (Å²) in [6.45, 7) is 0.659. The van der Waals surface area contributed by atoms with E-state index in [1.165, 1.54) is 11.8 Å². The molecular formula is C18H18N4O2S. The summed E-state index contributed by atoms with van der Waals surface area (Å²) in [5, 5.41) is 12.0. The van der Waals surface area contributed by atoms with Crippen molar-refractivity contribution in [1.29, 1.82) is 0 Å². The standard InChI is InChI=1S/C18H18N4O2S/c23-16(12-25-18-21-20-15-8-4-5-10-22(15)18)19-14-9-11-24-17(14)13-6-2-1-3-7-13/h1-8,10,14,17H,9,11-12H2,(H,19,23)/t14-,17+/m1/s1. The average Bonchev–Trinajstić information content (AvgIpc) is 3.27. The number of carbonyl (C=O) groups excluding carboxylic acids is 1. The van der Waals surface area contributed by atoms with Gasteiger partial charge in [0.2, 0.25) is 5.91 Å². The summed E-state index contributed by atoms with van der Waals surface area (Å²) in [7, 11) is 0. The number of ether oxygens (including phenoxy) is 1. The van der Waals surface area contributed by atoms with Gasteiger partial charge < -0.3 is 10.1 Å². The summed E-state index contributed by atoms with van der Waals surface area (Å²) in [5.41, 5.74) is 1.88. The summed E-state index contributed by atoms with van der Waals surface area (Å²) >= 11 is 1.38. The third kappa shape index (κ3) is 3.52. The number of hydrogen-bond donors (Lipinski definition) is 1. The molecular weight excluding hydrogens is 336 g/mol. The third-order valence-corrected chi connectivity index (χ3v) is 5.12. The van der Waals surface area contributed by atoms with Gasteiger partial charge >= 0.3 is 0 Å². The van der Waals surface area contributed by atoms with E-state index in [2.05, 4.69) is 15.5 Å². The van der Waals surface area contributed by atoms with Gasteiger partial charge in [-0.1, -0.05) is 48.2 Å². The van der Waals surface area contributed by atoms with Crippen molar-refractivity contribution in [1.82, 2.24) is 19.9 Å². The van der Waals surface area contributed by atoms with Crippen molar-refractivity contribution in [2.75, 3.05) is 12.4 Å². The first-order valence-electron chi connectivity index (χ1n) is 8.20. The molecule has 4 rings (SSSR count). The largest absolute Gasteiger partial charge is 0.371 e. The zero-order valence-electron chi connectivity index (χ0n) is 13.5. The normalized spacial score (nSPS) is 20.0. The van der Waals surface area contributed by atoms with E-state index in [9.17, 15) is 4.79 Å². The van der Waals surface area contributed by atoms with E-state index in [0.29, 0.717) is 17.5 Å². The quantitative estimate of drug-likeness (QED) is 0.713. The monoisotopic (exact) mass is 354 g/mol. The number of pyridine rings is 1. The number of nitrogens with zero attached hydrogens (tertiary/aromatic N) is 3. The van der Waals surface area contributed by atoms with Gasteiger partial charge in [0.1, 0.15) is 6.10 Å². The second-order valence-electron chi connectivity index (χ2n) is 5.86. The lowest BCUT2D eigenvalue weighted by Crippen LogP contribution is -2.37. The first-order valence-corrected chi connectivity index (χ1v) is 9.18. The molecule has 3 aromatic rings. The highest BCUT2D eigenvalue weighted by Gasteiger charge is 2.30. The number of hydrogen-bond acceptors (Lipinski definition) is 5. The topological polar surface area (TPSA) is 68.5 Å².